The number of rotatable bonds is 11. The molecule has 4 aromatic rings. The molecule has 0 unspecified atom stereocenters. The number of ether oxygens (including phenoxy) is 2. The van der Waals surface area contributed by atoms with Gasteiger partial charge < -0.3 is 19.3 Å². The minimum absolute atomic E-state index is 0.0541. The topological polar surface area (TPSA) is 133 Å². The average molecular weight is 695 g/mol. The highest BCUT2D eigenvalue weighted by atomic mass is 32.2. The van der Waals surface area contributed by atoms with Gasteiger partial charge >= 0.3 is 6.36 Å². The third-order valence-electron chi connectivity index (χ3n) is 8.85. The Kier molecular flexibility index (Phi) is 7.95. The summed E-state index contributed by atoms with van der Waals surface area (Å²) < 4.78 is 96.7. The Bertz CT molecular complexity index is 1950. The summed E-state index contributed by atoms with van der Waals surface area (Å²) >= 11 is 1.15. The molecular formula is C31H30F4N4O6S2. The van der Waals surface area contributed by atoms with Gasteiger partial charge in [-0.25, -0.2) is 22.5 Å². The Morgan fingerprint density at radius 3 is 2.64 bits per heavy atom. The number of aromatic nitrogens is 2. The van der Waals surface area contributed by atoms with Crippen LogP contribution in [0.4, 0.5) is 22.7 Å². The van der Waals surface area contributed by atoms with E-state index in [1.807, 2.05) is 0 Å². The Hall–Kier alpha value is -3.76. The lowest BCUT2D eigenvalue weighted by molar-refractivity contribution is -0.274. The van der Waals surface area contributed by atoms with E-state index in [4.69, 9.17) is 9.26 Å². The number of sulfonamides is 1. The van der Waals surface area contributed by atoms with Gasteiger partial charge in [0.25, 0.3) is 5.91 Å². The number of carbonyl (C=O) groups excluding carboxylic acids is 1. The normalized spacial score (nSPS) is 20.8. The fraction of sp³-hybridized carbons (Fsp3) is 0.452. The van der Waals surface area contributed by atoms with Gasteiger partial charge in [0.1, 0.15) is 22.7 Å². The van der Waals surface area contributed by atoms with E-state index >= 15 is 0 Å². The number of halogens is 4. The Labute approximate surface area is 270 Å². The number of amides is 1. The van der Waals surface area contributed by atoms with E-state index in [2.05, 4.69) is 24.9 Å². The quantitative estimate of drug-likeness (QED) is 0.159. The molecule has 250 valence electrons. The molecule has 2 N–H and O–H groups in total. The summed E-state index contributed by atoms with van der Waals surface area (Å²) in [5.41, 5.74) is 0.969. The first-order chi connectivity index (χ1) is 22.3. The third kappa shape index (κ3) is 6.67. The van der Waals surface area contributed by atoms with Crippen molar-refractivity contribution in [3.63, 3.8) is 0 Å². The first kappa shape index (κ1) is 31.8. The first-order valence-electron chi connectivity index (χ1n) is 15.2. The molecule has 10 nitrogen and oxygen atoms in total. The number of thiazole rings is 1. The smallest absolute Gasteiger partial charge is 0.405 e. The predicted molar refractivity (Wildman–Crippen MR) is 164 cm³/mol. The summed E-state index contributed by atoms with van der Waals surface area (Å²) in [7, 11) is -3.88. The lowest BCUT2D eigenvalue weighted by atomic mass is 10.0. The van der Waals surface area contributed by atoms with Crippen molar-refractivity contribution in [2.75, 3.05) is 5.32 Å². The van der Waals surface area contributed by atoms with Crippen molar-refractivity contribution in [3.8, 4) is 17.0 Å². The van der Waals surface area contributed by atoms with E-state index in [1.165, 1.54) is 24.3 Å². The predicted octanol–water partition coefficient (Wildman–Crippen LogP) is 7.03. The van der Waals surface area contributed by atoms with Gasteiger partial charge in [-0.15, -0.1) is 13.2 Å². The van der Waals surface area contributed by atoms with E-state index in [0.29, 0.717) is 46.8 Å². The molecule has 7 rings (SSSR count). The van der Waals surface area contributed by atoms with Crippen LogP contribution in [-0.4, -0.2) is 47.7 Å². The molecule has 0 saturated heterocycles. The van der Waals surface area contributed by atoms with Crippen molar-refractivity contribution in [2.24, 2.45) is 0 Å². The number of nitrogens with zero attached hydrogens (tertiary/aromatic N) is 2. The number of anilines is 1. The third-order valence-corrected chi connectivity index (χ3v) is 11.9. The van der Waals surface area contributed by atoms with Gasteiger partial charge in [-0.05, 0) is 76.1 Å². The van der Waals surface area contributed by atoms with Crippen molar-refractivity contribution < 1.29 is 44.8 Å². The summed E-state index contributed by atoms with van der Waals surface area (Å²) in [5.74, 6) is -1.26. The second-order valence-electron chi connectivity index (χ2n) is 12.5. The highest BCUT2D eigenvalue weighted by Crippen LogP contribution is 2.46. The lowest BCUT2D eigenvalue weighted by Crippen LogP contribution is -2.38. The van der Waals surface area contributed by atoms with Crippen LogP contribution in [0.3, 0.4) is 0 Å². The molecule has 2 aromatic heterocycles. The molecule has 47 heavy (non-hydrogen) atoms. The second kappa shape index (κ2) is 11.7. The van der Waals surface area contributed by atoms with Crippen LogP contribution < -0.4 is 14.8 Å². The van der Waals surface area contributed by atoms with Crippen molar-refractivity contribution in [3.05, 3.63) is 59.1 Å². The number of hydrogen-bond donors (Lipinski definition) is 2. The highest BCUT2D eigenvalue weighted by molar-refractivity contribution is 7.91. The number of nitrogens with one attached hydrogen (secondary N) is 2. The molecular weight excluding hydrogens is 664 g/mol. The molecule has 0 radical (unpaired) electrons. The first-order valence-corrected chi connectivity index (χ1v) is 17.5. The van der Waals surface area contributed by atoms with Gasteiger partial charge in [0.2, 0.25) is 10.0 Å². The minimum atomic E-state index is -4.87. The maximum Gasteiger partial charge on any atom is 0.573 e. The van der Waals surface area contributed by atoms with Crippen LogP contribution in [0.15, 0.2) is 40.9 Å². The monoisotopic (exact) mass is 694 g/mol. The van der Waals surface area contributed by atoms with Gasteiger partial charge in [-0.2, -0.15) is 0 Å². The molecule has 3 aliphatic carbocycles. The zero-order chi connectivity index (χ0) is 33.1. The molecule has 3 fully saturated rings. The molecule has 16 heteroatoms. The zero-order valence-electron chi connectivity index (χ0n) is 25.0. The minimum Gasteiger partial charge on any atom is -0.405 e. The number of hydrogen-bond acceptors (Lipinski definition) is 10. The molecule has 1 amide bonds. The number of alkyl halides is 3. The summed E-state index contributed by atoms with van der Waals surface area (Å²) in [4.78, 5) is 17.0. The molecule has 0 bridgehead atoms. The van der Waals surface area contributed by atoms with Crippen LogP contribution >= 0.6 is 11.3 Å². The van der Waals surface area contributed by atoms with Crippen LogP contribution in [0.25, 0.3) is 21.5 Å². The van der Waals surface area contributed by atoms with Crippen molar-refractivity contribution in [1.82, 2.24) is 14.9 Å². The lowest BCUT2D eigenvalue weighted by Gasteiger charge is -2.15. The van der Waals surface area contributed by atoms with Crippen LogP contribution in [0.2, 0.25) is 0 Å². The highest BCUT2D eigenvalue weighted by Gasteiger charge is 2.51. The summed E-state index contributed by atoms with van der Waals surface area (Å²) in [6.07, 6.45) is -0.335. The molecule has 3 aliphatic rings. The standard InChI is InChI=1S/C31H30F4N4O6S2/c1-30(10-11-30)47(41,42)39-28(40)17-12-22(32)26-24(13-17)46-29(37-26)36-18-8-9-19(14-18)43-15-21-25(38-45-27(21)16-6-7-16)20-4-2-3-5-23(20)44-31(33,34)35/h2-5,12-13,16,18-19H,6-11,14-15H2,1H3,(H,36,37)(H,39,40)/t18-,19+/m1/s1. The Morgan fingerprint density at radius 1 is 1.15 bits per heavy atom. The van der Waals surface area contributed by atoms with Gasteiger partial charge in [-0.1, -0.05) is 28.6 Å². The fourth-order valence-electron chi connectivity index (χ4n) is 5.74. The largest absolute Gasteiger partial charge is 0.573 e. The van der Waals surface area contributed by atoms with Crippen molar-refractivity contribution in [1.29, 1.82) is 0 Å². The van der Waals surface area contributed by atoms with E-state index in [9.17, 15) is 30.8 Å². The van der Waals surface area contributed by atoms with Gasteiger partial charge in [-0.3, -0.25) is 4.79 Å². The van der Waals surface area contributed by atoms with Crippen molar-refractivity contribution in [2.45, 2.75) is 87.6 Å². The van der Waals surface area contributed by atoms with Crippen LogP contribution in [0.1, 0.15) is 79.5 Å². The molecule has 3 saturated carbocycles. The number of para-hydroxylation sites is 1. The maximum absolute atomic E-state index is 15.0. The second-order valence-corrected chi connectivity index (χ2v) is 15.7. The zero-order valence-corrected chi connectivity index (χ0v) is 26.7. The average Bonchev–Trinajstić information content (AvgIpc) is 3.84. The number of benzene rings is 2. The van der Waals surface area contributed by atoms with Crippen LogP contribution in [0, 0.1) is 5.82 Å². The van der Waals surface area contributed by atoms with Crippen LogP contribution in [0.5, 0.6) is 5.75 Å². The van der Waals surface area contributed by atoms with Gasteiger partial charge in [0.05, 0.1) is 22.2 Å². The molecule has 2 atom stereocenters. The summed E-state index contributed by atoms with van der Waals surface area (Å²) in [6, 6.07) is 8.14. The van der Waals surface area contributed by atoms with E-state index < -0.39 is 32.9 Å². The van der Waals surface area contributed by atoms with E-state index in [1.54, 1.807) is 13.0 Å². The number of carbonyl (C=O) groups is 1. The summed E-state index contributed by atoms with van der Waals surface area (Å²) in [5, 5.41) is 7.88. The molecule has 2 aromatic carbocycles. The fourth-order valence-corrected chi connectivity index (χ4v) is 7.99. The van der Waals surface area contributed by atoms with Crippen molar-refractivity contribution >= 4 is 42.6 Å². The SMILES string of the molecule is CC1(S(=O)(=O)NC(=O)c2cc(F)c3nc(N[C@@H]4CC[C@H](OCc5c(-c6ccccc6OC(F)(F)F)noc5C5CC5)C4)sc3c2)CC1. The number of fused-ring (bicyclic) bond motifs is 1. The van der Waals surface area contributed by atoms with Crippen LogP contribution in [-0.2, 0) is 21.4 Å². The van der Waals surface area contributed by atoms with Gasteiger partial charge in [0, 0.05) is 28.7 Å². The van der Waals surface area contributed by atoms with E-state index in [0.717, 1.165) is 36.7 Å². The van der Waals surface area contributed by atoms with Gasteiger partial charge in [0.15, 0.2) is 10.9 Å². The Morgan fingerprint density at radius 2 is 1.91 bits per heavy atom. The Balaban J connectivity index is 1.01. The summed E-state index contributed by atoms with van der Waals surface area (Å²) in [6.45, 7) is 1.65. The van der Waals surface area contributed by atoms with E-state index in [-0.39, 0.29) is 52.8 Å². The molecule has 0 aliphatic heterocycles. The molecule has 2 heterocycles. The maximum atomic E-state index is 15.0. The molecule has 0 spiro atoms.